The lowest BCUT2D eigenvalue weighted by Gasteiger charge is -2.44. The molecule has 0 radical (unpaired) electrons. The van der Waals surface area contributed by atoms with Crippen molar-refractivity contribution in [3.8, 4) is 0 Å². The van der Waals surface area contributed by atoms with Gasteiger partial charge >= 0.3 is 0 Å². The highest BCUT2D eigenvalue weighted by Crippen LogP contribution is 2.60. The standard InChI is InChI=1S/C28H46OP/c1-20(2)9-7-10-22(4)26-16-17-27-23(11-8-18-28(26,27)5)13-14-24-19-25(30(6)29)15-12-21(24)3/h13-14,20,22,25-27,29H,3,6-12,15-19H2,1-2,4-5H3/q+1/b23-13+,24-14-. The molecule has 3 rings (SSSR count). The highest BCUT2D eigenvalue weighted by atomic mass is 31.1. The zero-order valence-electron chi connectivity index (χ0n) is 20.1. The fraction of sp³-hybridized carbons (Fsp3) is 0.750. The Morgan fingerprint density at radius 3 is 2.60 bits per heavy atom. The summed E-state index contributed by atoms with van der Waals surface area (Å²) in [6.07, 6.45) is 22.8. The Hall–Kier alpha value is -0.650. The number of rotatable bonds is 7. The molecule has 0 aliphatic heterocycles. The number of fused-ring (bicyclic) bond motifs is 1. The summed E-state index contributed by atoms with van der Waals surface area (Å²) in [5.41, 5.74) is 5.20. The van der Waals surface area contributed by atoms with E-state index in [1.807, 2.05) is 0 Å². The minimum Gasteiger partial charge on any atom is -0.193 e. The molecule has 0 heterocycles. The molecule has 6 unspecified atom stereocenters. The Kier molecular flexibility index (Phi) is 8.25. The van der Waals surface area contributed by atoms with Gasteiger partial charge in [0, 0.05) is 6.42 Å². The third-order valence-corrected chi connectivity index (χ3v) is 10.1. The van der Waals surface area contributed by atoms with Crippen molar-refractivity contribution in [2.45, 2.75) is 104 Å². The minimum atomic E-state index is -1.08. The van der Waals surface area contributed by atoms with Crippen LogP contribution < -0.4 is 0 Å². The predicted molar refractivity (Wildman–Crippen MR) is 135 cm³/mol. The predicted octanol–water partition coefficient (Wildman–Crippen LogP) is 8.45. The summed E-state index contributed by atoms with van der Waals surface area (Å²) in [5, 5.41) is 0. The van der Waals surface area contributed by atoms with Gasteiger partial charge in [0.15, 0.2) is 5.66 Å². The largest absolute Gasteiger partial charge is 0.246 e. The Morgan fingerprint density at radius 2 is 1.90 bits per heavy atom. The van der Waals surface area contributed by atoms with E-state index in [1.54, 1.807) is 5.57 Å². The Bertz CT molecular complexity index is 699. The number of hydrogen-bond donors (Lipinski definition) is 1. The van der Waals surface area contributed by atoms with Crippen LogP contribution in [0.25, 0.3) is 0 Å². The second-order valence-electron chi connectivity index (χ2n) is 11.3. The summed E-state index contributed by atoms with van der Waals surface area (Å²) < 4.78 is 0. The lowest BCUT2D eigenvalue weighted by Crippen LogP contribution is -2.36. The van der Waals surface area contributed by atoms with Crippen molar-refractivity contribution in [2.75, 3.05) is 0 Å². The molecule has 0 aromatic heterocycles. The lowest BCUT2D eigenvalue weighted by atomic mass is 9.60. The van der Waals surface area contributed by atoms with Gasteiger partial charge < -0.3 is 0 Å². The molecule has 1 nitrogen and oxygen atoms in total. The first-order valence-electron chi connectivity index (χ1n) is 12.6. The second kappa shape index (κ2) is 10.3. The molecule has 3 saturated carbocycles. The molecule has 0 spiro atoms. The van der Waals surface area contributed by atoms with Crippen LogP contribution in [0, 0.1) is 29.1 Å². The molecule has 6 atom stereocenters. The number of hydrogen-bond acceptors (Lipinski definition) is 1. The molecule has 30 heavy (non-hydrogen) atoms. The fourth-order valence-electron chi connectivity index (χ4n) is 6.91. The average Bonchev–Trinajstić information content (AvgIpc) is 3.04. The maximum absolute atomic E-state index is 10.0. The summed E-state index contributed by atoms with van der Waals surface area (Å²) in [7, 11) is -1.08. The van der Waals surface area contributed by atoms with Crippen molar-refractivity contribution < 1.29 is 4.89 Å². The third-order valence-electron chi connectivity index (χ3n) is 8.77. The van der Waals surface area contributed by atoms with Gasteiger partial charge in [0.05, 0.1) is 0 Å². The van der Waals surface area contributed by atoms with Crippen LogP contribution in [0.2, 0.25) is 0 Å². The maximum Gasteiger partial charge on any atom is 0.246 e. The average molecular weight is 430 g/mol. The van der Waals surface area contributed by atoms with E-state index in [-0.39, 0.29) is 0 Å². The molecule has 0 aromatic rings. The summed E-state index contributed by atoms with van der Waals surface area (Å²) in [5.74, 6) is 3.36. The fourth-order valence-corrected chi connectivity index (χ4v) is 7.75. The minimum absolute atomic E-state index is 0.356. The normalized spacial score (nSPS) is 36.4. The monoisotopic (exact) mass is 429 g/mol. The van der Waals surface area contributed by atoms with E-state index < -0.39 is 7.77 Å². The summed E-state index contributed by atoms with van der Waals surface area (Å²) in [6, 6.07) is 0. The van der Waals surface area contributed by atoms with Crippen molar-refractivity contribution in [3.05, 3.63) is 35.5 Å². The second-order valence-corrected chi connectivity index (χ2v) is 12.9. The highest BCUT2D eigenvalue weighted by molar-refractivity contribution is 7.50. The Balaban J connectivity index is 1.71. The van der Waals surface area contributed by atoms with E-state index in [4.69, 9.17) is 0 Å². The van der Waals surface area contributed by atoms with Crippen molar-refractivity contribution in [1.29, 1.82) is 0 Å². The van der Waals surface area contributed by atoms with Crippen LogP contribution in [0.1, 0.15) is 98.3 Å². The van der Waals surface area contributed by atoms with Gasteiger partial charge in [-0.15, -0.1) is 0 Å². The van der Waals surface area contributed by atoms with Gasteiger partial charge in [-0.3, -0.25) is 0 Å². The molecular weight excluding hydrogens is 383 g/mol. The van der Waals surface area contributed by atoms with Gasteiger partial charge in [-0.25, -0.2) is 0 Å². The molecule has 0 aromatic carbocycles. The Labute approximate surface area is 187 Å². The van der Waals surface area contributed by atoms with Gasteiger partial charge in [0.25, 0.3) is 0 Å². The summed E-state index contributed by atoms with van der Waals surface area (Å²) in [6.45, 7) is 14.2. The summed E-state index contributed by atoms with van der Waals surface area (Å²) in [4.78, 5) is 10.0. The summed E-state index contributed by atoms with van der Waals surface area (Å²) >= 11 is 0. The maximum atomic E-state index is 10.0. The first-order valence-corrected chi connectivity index (χ1v) is 14.1. The highest BCUT2D eigenvalue weighted by Gasteiger charge is 2.50. The van der Waals surface area contributed by atoms with Gasteiger partial charge in [0.1, 0.15) is 6.30 Å². The van der Waals surface area contributed by atoms with Gasteiger partial charge in [-0.2, -0.15) is 4.89 Å². The van der Waals surface area contributed by atoms with Crippen molar-refractivity contribution >= 4 is 14.1 Å². The lowest BCUT2D eigenvalue weighted by molar-refractivity contribution is 0.0929. The van der Waals surface area contributed by atoms with Crippen LogP contribution in [0.3, 0.4) is 0 Å². The molecule has 0 saturated heterocycles. The van der Waals surface area contributed by atoms with Gasteiger partial charge in [-0.05, 0) is 79.6 Å². The van der Waals surface area contributed by atoms with E-state index in [0.717, 1.165) is 42.9 Å². The van der Waals surface area contributed by atoms with E-state index in [0.29, 0.717) is 11.1 Å². The molecular formula is C28H46OP+. The van der Waals surface area contributed by atoms with E-state index in [9.17, 15) is 4.89 Å². The van der Waals surface area contributed by atoms with Gasteiger partial charge in [0.2, 0.25) is 7.77 Å². The van der Waals surface area contributed by atoms with Crippen LogP contribution >= 0.6 is 7.77 Å². The molecule has 0 bridgehead atoms. The Morgan fingerprint density at radius 1 is 1.13 bits per heavy atom. The molecule has 3 aliphatic carbocycles. The first-order chi connectivity index (χ1) is 14.2. The molecule has 2 heteroatoms. The van der Waals surface area contributed by atoms with Gasteiger partial charge in [-0.1, -0.05) is 76.8 Å². The van der Waals surface area contributed by atoms with Crippen LogP contribution in [0.5, 0.6) is 0 Å². The van der Waals surface area contributed by atoms with Crippen LogP contribution in [0.4, 0.5) is 0 Å². The smallest absolute Gasteiger partial charge is 0.193 e. The molecule has 1 N–H and O–H groups in total. The quantitative estimate of drug-likeness (QED) is 0.402. The van der Waals surface area contributed by atoms with E-state index >= 15 is 0 Å². The SMILES string of the molecule is C=C1CCC([P+](=C)O)C/C1=C/C=C1\CCCC2(C)C1CCC2C(C)CCCC(C)C. The zero-order chi connectivity index (χ0) is 21.9. The van der Waals surface area contributed by atoms with Crippen molar-refractivity contribution in [3.63, 3.8) is 0 Å². The van der Waals surface area contributed by atoms with E-state index in [2.05, 4.69) is 52.7 Å². The van der Waals surface area contributed by atoms with Crippen LogP contribution in [0.15, 0.2) is 35.5 Å². The van der Waals surface area contributed by atoms with Crippen molar-refractivity contribution in [2.24, 2.45) is 29.1 Å². The molecule has 168 valence electrons. The third kappa shape index (κ3) is 5.39. The zero-order valence-corrected chi connectivity index (χ0v) is 21.0. The number of allylic oxidation sites excluding steroid dienone is 5. The van der Waals surface area contributed by atoms with E-state index in [1.165, 1.54) is 62.5 Å². The molecule has 3 aliphatic rings. The first kappa shape index (κ1) is 24.0. The molecule has 0 amide bonds. The van der Waals surface area contributed by atoms with Crippen LogP contribution in [-0.4, -0.2) is 16.9 Å². The van der Waals surface area contributed by atoms with Crippen molar-refractivity contribution in [1.82, 2.24) is 0 Å². The molecule has 3 fully saturated rings. The van der Waals surface area contributed by atoms with Crippen LogP contribution in [-0.2, 0) is 0 Å². The topological polar surface area (TPSA) is 20.2 Å².